The van der Waals surface area contributed by atoms with Crippen LogP contribution in [0.4, 0.5) is 0 Å². The summed E-state index contributed by atoms with van der Waals surface area (Å²) in [6.07, 6.45) is 0. The van der Waals surface area contributed by atoms with E-state index >= 15 is 0 Å². The minimum atomic E-state index is -0.0572. The Balaban J connectivity index is 1.82. The lowest BCUT2D eigenvalue weighted by atomic mass is 10.1. The molecule has 1 heterocycles. The first-order valence-electron chi connectivity index (χ1n) is 7.86. The molecule has 0 fully saturated rings. The number of ketones is 1. The lowest BCUT2D eigenvalue weighted by molar-refractivity contribution is 0.101. The SMILES string of the molecule is COc1ccccc1C(=O)CSc1nnnn1-c1cc(C)ccc1OC. The number of thioether (sulfide) groups is 1. The summed E-state index contributed by atoms with van der Waals surface area (Å²) >= 11 is 1.26. The molecule has 0 radical (unpaired) electrons. The second-order valence-corrected chi connectivity index (χ2v) is 6.40. The topological polar surface area (TPSA) is 79.1 Å². The number of carbonyl (C=O) groups is 1. The average molecular weight is 370 g/mol. The van der Waals surface area contributed by atoms with Crippen LogP contribution in [0.1, 0.15) is 15.9 Å². The summed E-state index contributed by atoms with van der Waals surface area (Å²) in [5.74, 6) is 1.34. The Morgan fingerprint density at radius 2 is 1.88 bits per heavy atom. The van der Waals surface area contributed by atoms with Gasteiger partial charge in [0.05, 0.1) is 25.5 Å². The molecule has 1 aromatic heterocycles. The Labute approximate surface area is 155 Å². The fourth-order valence-corrected chi connectivity index (χ4v) is 3.24. The molecule has 8 heteroatoms. The largest absolute Gasteiger partial charge is 0.496 e. The number of Topliss-reactive ketones (excluding diaryl/α,β-unsaturated/α-hetero) is 1. The van der Waals surface area contributed by atoms with Gasteiger partial charge in [-0.3, -0.25) is 4.79 Å². The molecule has 3 rings (SSSR count). The normalized spacial score (nSPS) is 10.6. The van der Waals surface area contributed by atoms with Crippen LogP contribution < -0.4 is 9.47 Å². The maximum absolute atomic E-state index is 12.5. The highest BCUT2D eigenvalue weighted by atomic mass is 32.2. The van der Waals surface area contributed by atoms with Gasteiger partial charge in [0.2, 0.25) is 5.16 Å². The van der Waals surface area contributed by atoms with Gasteiger partial charge in [-0.15, -0.1) is 5.10 Å². The van der Waals surface area contributed by atoms with E-state index < -0.39 is 0 Å². The van der Waals surface area contributed by atoms with E-state index in [9.17, 15) is 4.79 Å². The van der Waals surface area contributed by atoms with Gasteiger partial charge < -0.3 is 9.47 Å². The molecule has 0 atom stereocenters. The third-order valence-corrected chi connectivity index (χ3v) is 4.66. The first-order chi connectivity index (χ1) is 12.6. The quantitative estimate of drug-likeness (QED) is 0.467. The maximum Gasteiger partial charge on any atom is 0.214 e. The number of para-hydroxylation sites is 1. The van der Waals surface area contributed by atoms with Crippen LogP contribution in [-0.2, 0) is 0 Å². The number of aromatic nitrogens is 4. The molecule has 0 aliphatic rings. The molecule has 0 saturated carbocycles. The van der Waals surface area contributed by atoms with Gasteiger partial charge in [-0.2, -0.15) is 4.68 Å². The van der Waals surface area contributed by atoms with E-state index in [2.05, 4.69) is 15.5 Å². The predicted octanol–water partition coefficient (Wildman–Crippen LogP) is 2.96. The number of hydrogen-bond acceptors (Lipinski definition) is 7. The summed E-state index contributed by atoms with van der Waals surface area (Å²) in [7, 11) is 3.14. The molecule has 0 N–H and O–H groups in total. The molecule has 2 aromatic carbocycles. The van der Waals surface area contributed by atoms with Crippen LogP contribution >= 0.6 is 11.8 Å². The molecule has 0 unspecified atom stereocenters. The van der Waals surface area contributed by atoms with E-state index in [1.807, 2.05) is 37.3 Å². The number of carbonyl (C=O) groups excluding carboxylic acids is 1. The van der Waals surface area contributed by atoms with Crippen molar-refractivity contribution in [1.82, 2.24) is 20.2 Å². The zero-order valence-electron chi connectivity index (χ0n) is 14.7. The van der Waals surface area contributed by atoms with Crippen molar-refractivity contribution in [2.75, 3.05) is 20.0 Å². The van der Waals surface area contributed by atoms with E-state index in [-0.39, 0.29) is 11.5 Å². The first kappa shape index (κ1) is 17.9. The summed E-state index contributed by atoms with van der Waals surface area (Å²) in [5.41, 5.74) is 2.32. The molecule has 0 aliphatic carbocycles. The summed E-state index contributed by atoms with van der Waals surface area (Å²) in [5, 5.41) is 12.3. The van der Waals surface area contributed by atoms with Gasteiger partial charge in [-0.05, 0) is 47.2 Å². The number of hydrogen-bond donors (Lipinski definition) is 0. The summed E-state index contributed by atoms with van der Waals surface area (Å²) in [4.78, 5) is 12.5. The fraction of sp³-hybridized carbons (Fsp3) is 0.222. The Hall–Kier alpha value is -2.87. The standard InChI is InChI=1S/C18H18N4O3S/c1-12-8-9-17(25-3)14(10-12)22-18(19-20-21-22)26-11-15(23)13-6-4-5-7-16(13)24-2/h4-10H,11H2,1-3H3. The van der Waals surface area contributed by atoms with Gasteiger partial charge in [-0.1, -0.05) is 30.0 Å². The number of benzene rings is 2. The molecular formula is C18H18N4O3S. The Bertz CT molecular complexity index is 926. The molecular weight excluding hydrogens is 352 g/mol. The van der Waals surface area contributed by atoms with E-state index in [1.54, 1.807) is 31.0 Å². The number of tetrazole rings is 1. The van der Waals surface area contributed by atoms with Crippen LogP contribution in [0.2, 0.25) is 0 Å². The minimum Gasteiger partial charge on any atom is -0.496 e. The molecule has 0 spiro atoms. The monoisotopic (exact) mass is 370 g/mol. The Morgan fingerprint density at radius 3 is 2.65 bits per heavy atom. The van der Waals surface area contributed by atoms with Gasteiger partial charge in [0.1, 0.15) is 17.2 Å². The van der Waals surface area contributed by atoms with Crippen molar-refractivity contribution in [1.29, 1.82) is 0 Å². The van der Waals surface area contributed by atoms with E-state index in [0.717, 1.165) is 11.3 Å². The molecule has 0 aliphatic heterocycles. The number of methoxy groups -OCH3 is 2. The van der Waals surface area contributed by atoms with Crippen LogP contribution in [0.5, 0.6) is 11.5 Å². The highest BCUT2D eigenvalue weighted by molar-refractivity contribution is 7.99. The maximum atomic E-state index is 12.5. The number of rotatable bonds is 7. The lowest BCUT2D eigenvalue weighted by Crippen LogP contribution is -2.07. The molecule has 26 heavy (non-hydrogen) atoms. The Morgan fingerprint density at radius 1 is 1.12 bits per heavy atom. The highest BCUT2D eigenvalue weighted by Crippen LogP contribution is 2.28. The van der Waals surface area contributed by atoms with E-state index in [4.69, 9.17) is 9.47 Å². The molecule has 3 aromatic rings. The van der Waals surface area contributed by atoms with Crippen molar-refractivity contribution < 1.29 is 14.3 Å². The second kappa shape index (κ2) is 8.01. The highest BCUT2D eigenvalue weighted by Gasteiger charge is 2.17. The Kier molecular flexibility index (Phi) is 5.52. The molecule has 0 amide bonds. The van der Waals surface area contributed by atoms with Crippen LogP contribution in [0.15, 0.2) is 47.6 Å². The van der Waals surface area contributed by atoms with Crippen molar-refractivity contribution in [3.05, 3.63) is 53.6 Å². The molecule has 0 saturated heterocycles. The summed E-state index contributed by atoms with van der Waals surface area (Å²) in [6.45, 7) is 1.98. The van der Waals surface area contributed by atoms with Crippen molar-refractivity contribution in [2.24, 2.45) is 0 Å². The fourth-order valence-electron chi connectivity index (χ4n) is 2.47. The van der Waals surface area contributed by atoms with E-state index in [1.165, 1.54) is 11.8 Å². The van der Waals surface area contributed by atoms with E-state index in [0.29, 0.717) is 22.2 Å². The number of aryl methyl sites for hydroxylation is 1. The van der Waals surface area contributed by atoms with Crippen molar-refractivity contribution in [3.8, 4) is 17.2 Å². The van der Waals surface area contributed by atoms with Crippen LogP contribution in [0, 0.1) is 6.92 Å². The third kappa shape index (κ3) is 3.70. The van der Waals surface area contributed by atoms with Gasteiger partial charge in [0.25, 0.3) is 0 Å². The van der Waals surface area contributed by atoms with Gasteiger partial charge >= 0.3 is 0 Å². The minimum absolute atomic E-state index is 0.0572. The third-order valence-electron chi connectivity index (χ3n) is 3.74. The summed E-state index contributed by atoms with van der Waals surface area (Å²) < 4.78 is 12.2. The predicted molar refractivity (Wildman–Crippen MR) is 98.5 cm³/mol. The van der Waals surface area contributed by atoms with Gasteiger partial charge in [-0.25, -0.2) is 0 Å². The van der Waals surface area contributed by atoms with Gasteiger partial charge in [0.15, 0.2) is 5.78 Å². The zero-order valence-corrected chi connectivity index (χ0v) is 15.5. The van der Waals surface area contributed by atoms with Crippen molar-refractivity contribution in [2.45, 2.75) is 12.1 Å². The smallest absolute Gasteiger partial charge is 0.214 e. The first-order valence-corrected chi connectivity index (χ1v) is 8.85. The van der Waals surface area contributed by atoms with Crippen molar-refractivity contribution in [3.63, 3.8) is 0 Å². The van der Waals surface area contributed by atoms with Crippen LogP contribution in [0.3, 0.4) is 0 Å². The molecule has 0 bridgehead atoms. The molecule has 134 valence electrons. The lowest BCUT2D eigenvalue weighted by Gasteiger charge is -2.10. The average Bonchev–Trinajstić information content (AvgIpc) is 3.14. The number of nitrogens with zero attached hydrogens (tertiary/aromatic N) is 4. The van der Waals surface area contributed by atoms with Crippen LogP contribution in [0.25, 0.3) is 5.69 Å². The molecule has 7 nitrogen and oxygen atoms in total. The number of ether oxygens (including phenoxy) is 2. The zero-order chi connectivity index (χ0) is 18.5. The second-order valence-electron chi connectivity index (χ2n) is 5.46. The summed E-state index contributed by atoms with van der Waals surface area (Å²) in [6, 6.07) is 12.9. The van der Waals surface area contributed by atoms with Crippen LogP contribution in [-0.4, -0.2) is 46.0 Å². The van der Waals surface area contributed by atoms with Gasteiger partial charge in [0, 0.05) is 0 Å². The van der Waals surface area contributed by atoms with Crippen molar-refractivity contribution >= 4 is 17.5 Å².